The summed E-state index contributed by atoms with van der Waals surface area (Å²) in [6.07, 6.45) is 5.13. The molecular formula is C16H22BrFN2. The Bertz CT molecular complexity index is 480. The summed E-state index contributed by atoms with van der Waals surface area (Å²) in [7, 11) is 0. The van der Waals surface area contributed by atoms with Crippen LogP contribution in [0.25, 0.3) is 0 Å². The Labute approximate surface area is 129 Å². The second-order valence-electron chi connectivity index (χ2n) is 5.96. The minimum atomic E-state index is -0.182. The van der Waals surface area contributed by atoms with E-state index in [1.165, 1.54) is 25.8 Å². The topological polar surface area (TPSA) is 6.48 Å². The Hall–Kier alpha value is -0.610. The summed E-state index contributed by atoms with van der Waals surface area (Å²) < 4.78 is 14.0. The van der Waals surface area contributed by atoms with Crippen LogP contribution in [-0.2, 0) is 0 Å². The molecule has 20 heavy (non-hydrogen) atoms. The van der Waals surface area contributed by atoms with Crippen LogP contribution in [0.5, 0.6) is 0 Å². The summed E-state index contributed by atoms with van der Waals surface area (Å²) in [5.74, 6) is -0.182. The number of benzene rings is 1. The zero-order chi connectivity index (χ0) is 14.1. The molecule has 1 aromatic carbocycles. The zero-order valence-corrected chi connectivity index (χ0v) is 13.6. The van der Waals surface area contributed by atoms with Crippen molar-refractivity contribution in [1.82, 2.24) is 4.90 Å². The Kier molecular flexibility index (Phi) is 4.32. The van der Waals surface area contributed by atoms with E-state index in [1.807, 2.05) is 12.1 Å². The number of rotatable bonds is 2. The lowest BCUT2D eigenvalue weighted by Gasteiger charge is -2.49. The molecule has 1 aromatic rings. The molecule has 2 unspecified atom stereocenters. The second kappa shape index (κ2) is 6.02. The number of fused-ring (bicyclic) bond motifs is 1. The summed E-state index contributed by atoms with van der Waals surface area (Å²) in [6.45, 7) is 5.73. The van der Waals surface area contributed by atoms with Crippen molar-refractivity contribution >= 4 is 21.6 Å². The minimum absolute atomic E-state index is 0.182. The molecule has 0 radical (unpaired) electrons. The van der Waals surface area contributed by atoms with Crippen molar-refractivity contribution in [1.29, 1.82) is 0 Å². The fourth-order valence-electron chi connectivity index (χ4n) is 3.58. The molecule has 2 heterocycles. The Balaban J connectivity index is 1.84. The smallest absolute Gasteiger partial charge is 0.137 e. The quantitative estimate of drug-likeness (QED) is 0.801. The third-order valence-electron chi connectivity index (χ3n) is 4.75. The van der Waals surface area contributed by atoms with E-state index in [9.17, 15) is 4.39 Å². The molecule has 0 bridgehead atoms. The fraction of sp³-hybridized carbons (Fsp3) is 0.625. The monoisotopic (exact) mass is 340 g/mol. The number of hydrogen-bond donors (Lipinski definition) is 0. The van der Waals surface area contributed by atoms with Crippen LogP contribution in [0.15, 0.2) is 22.7 Å². The van der Waals surface area contributed by atoms with E-state index in [1.54, 1.807) is 6.07 Å². The van der Waals surface area contributed by atoms with Gasteiger partial charge in [-0.3, -0.25) is 4.90 Å². The van der Waals surface area contributed by atoms with Gasteiger partial charge in [-0.2, -0.15) is 0 Å². The van der Waals surface area contributed by atoms with Gasteiger partial charge >= 0.3 is 0 Å². The van der Waals surface area contributed by atoms with E-state index in [0.29, 0.717) is 16.6 Å². The maximum absolute atomic E-state index is 13.4. The first-order valence-electron chi connectivity index (χ1n) is 7.64. The lowest BCUT2D eigenvalue weighted by atomic mass is 9.95. The van der Waals surface area contributed by atoms with Crippen LogP contribution in [0, 0.1) is 5.82 Å². The maximum atomic E-state index is 13.4. The first-order chi connectivity index (χ1) is 9.69. The minimum Gasteiger partial charge on any atom is -0.366 e. The van der Waals surface area contributed by atoms with Crippen LogP contribution in [0.3, 0.4) is 0 Å². The first kappa shape index (κ1) is 14.3. The van der Waals surface area contributed by atoms with Gasteiger partial charge in [0.15, 0.2) is 0 Å². The molecule has 0 amide bonds. The van der Waals surface area contributed by atoms with Crippen LogP contribution in [0.1, 0.15) is 32.6 Å². The number of hydrogen-bond acceptors (Lipinski definition) is 2. The zero-order valence-electron chi connectivity index (χ0n) is 12.0. The lowest BCUT2D eigenvalue weighted by Crippen LogP contribution is -2.59. The van der Waals surface area contributed by atoms with Gasteiger partial charge < -0.3 is 4.90 Å². The molecule has 4 heteroatoms. The molecule has 2 saturated heterocycles. The van der Waals surface area contributed by atoms with Gasteiger partial charge in [0.25, 0.3) is 0 Å². The Morgan fingerprint density at radius 3 is 2.90 bits per heavy atom. The van der Waals surface area contributed by atoms with Gasteiger partial charge in [0.1, 0.15) is 5.82 Å². The van der Waals surface area contributed by atoms with E-state index in [-0.39, 0.29) is 5.82 Å². The molecule has 2 aliphatic heterocycles. The SMILES string of the molecule is CCC1CN2CCCCC2CN1c1ccc(F)c(Br)c1. The van der Waals surface area contributed by atoms with E-state index in [0.717, 1.165) is 25.2 Å². The molecule has 110 valence electrons. The van der Waals surface area contributed by atoms with Crippen molar-refractivity contribution in [2.24, 2.45) is 0 Å². The number of piperazine rings is 1. The van der Waals surface area contributed by atoms with Crippen molar-refractivity contribution in [2.45, 2.75) is 44.7 Å². The third kappa shape index (κ3) is 2.73. The number of anilines is 1. The van der Waals surface area contributed by atoms with E-state index in [2.05, 4.69) is 32.7 Å². The van der Waals surface area contributed by atoms with Gasteiger partial charge in [-0.1, -0.05) is 13.3 Å². The third-order valence-corrected chi connectivity index (χ3v) is 5.36. The van der Waals surface area contributed by atoms with Crippen molar-refractivity contribution in [3.05, 3.63) is 28.5 Å². The van der Waals surface area contributed by atoms with E-state index < -0.39 is 0 Å². The van der Waals surface area contributed by atoms with E-state index >= 15 is 0 Å². The highest BCUT2D eigenvalue weighted by Crippen LogP contribution is 2.31. The Morgan fingerprint density at radius 1 is 1.30 bits per heavy atom. The second-order valence-corrected chi connectivity index (χ2v) is 6.81. The molecule has 0 saturated carbocycles. The molecule has 3 rings (SSSR count). The molecule has 2 atom stereocenters. The van der Waals surface area contributed by atoms with Gasteiger partial charge in [0, 0.05) is 30.9 Å². The molecule has 2 fully saturated rings. The molecule has 0 aromatic heterocycles. The van der Waals surface area contributed by atoms with Crippen molar-refractivity contribution in [3.63, 3.8) is 0 Å². The van der Waals surface area contributed by atoms with Crippen molar-refractivity contribution in [3.8, 4) is 0 Å². The van der Waals surface area contributed by atoms with Gasteiger partial charge in [-0.15, -0.1) is 0 Å². The molecule has 2 nitrogen and oxygen atoms in total. The average molecular weight is 341 g/mol. The molecule has 0 aliphatic carbocycles. The number of piperidine rings is 1. The van der Waals surface area contributed by atoms with Crippen LogP contribution < -0.4 is 4.90 Å². The lowest BCUT2D eigenvalue weighted by molar-refractivity contribution is 0.111. The van der Waals surface area contributed by atoms with Gasteiger partial charge in [-0.25, -0.2) is 4.39 Å². The molecule has 0 spiro atoms. The van der Waals surface area contributed by atoms with Crippen molar-refractivity contribution in [2.75, 3.05) is 24.5 Å². The summed E-state index contributed by atoms with van der Waals surface area (Å²) >= 11 is 3.31. The summed E-state index contributed by atoms with van der Waals surface area (Å²) in [5, 5.41) is 0. The summed E-state index contributed by atoms with van der Waals surface area (Å²) in [6, 6.07) is 6.63. The van der Waals surface area contributed by atoms with Crippen LogP contribution >= 0.6 is 15.9 Å². The highest BCUT2D eigenvalue weighted by Gasteiger charge is 2.34. The van der Waals surface area contributed by atoms with Gasteiger partial charge in [-0.05, 0) is 59.9 Å². The highest BCUT2D eigenvalue weighted by atomic mass is 79.9. The van der Waals surface area contributed by atoms with Crippen LogP contribution in [0.4, 0.5) is 10.1 Å². The summed E-state index contributed by atoms with van der Waals surface area (Å²) in [4.78, 5) is 5.14. The summed E-state index contributed by atoms with van der Waals surface area (Å²) in [5.41, 5.74) is 1.15. The largest absolute Gasteiger partial charge is 0.366 e. The van der Waals surface area contributed by atoms with Gasteiger partial charge in [0.2, 0.25) is 0 Å². The van der Waals surface area contributed by atoms with Gasteiger partial charge in [0.05, 0.1) is 4.47 Å². The molecule has 2 aliphatic rings. The molecule has 0 N–H and O–H groups in total. The standard InChI is InChI=1S/C16H22BrFN2/c1-2-12-10-19-8-4-3-5-14(19)11-20(12)13-6-7-16(18)15(17)9-13/h6-7,9,12,14H,2-5,8,10-11H2,1H3. The predicted molar refractivity (Wildman–Crippen MR) is 84.7 cm³/mol. The highest BCUT2D eigenvalue weighted by molar-refractivity contribution is 9.10. The number of nitrogens with zero attached hydrogens (tertiary/aromatic N) is 2. The van der Waals surface area contributed by atoms with Crippen LogP contribution in [-0.4, -0.2) is 36.6 Å². The van der Waals surface area contributed by atoms with Crippen LogP contribution in [0.2, 0.25) is 0 Å². The maximum Gasteiger partial charge on any atom is 0.137 e. The fourth-order valence-corrected chi connectivity index (χ4v) is 3.95. The van der Waals surface area contributed by atoms with E-state index in [4.69, 9.17) is 0 Å². The molecular weight excluding hydrogens is 319 g/mol. The van der Waals surface area contributed by atoms with Crippen molar-refractivity contribution < 1.29 is 4.39 Å². The first-order valence-corrected chi connectivity index (χ1v) is 8.44. The number of halogens is 2. The normalized spacial score (nSPS) is 27.4. The predicted octanol–water partition coefficient (Wildman–Crippen LogP) is 4.04. The average Bonchev–Trinajstić information content (AvgIpc) is 2.48. The Morgan fingerprint density at radius 2 is 2.15 bits per heavy atom.